The van der Waals surface area contributed by atoms with E-state index in [1.165, 1.54) is 33.0 Å². The highest BCUT2D eigenvalue weighted by Gasteiger charge is 2.21. The van der Waals surface area contributed by atoms with Gasteiger partial charge in [0.05, 0.1) is 22.4 Å². The molecule has 0 radical (unpaired) electrons. The summed E-state index contributed by atoms with van der Waals surface area (Å²) in [6.45, 7) is 0. The molecule has 0 atom stereocenters. The summed E-state index contributed by atoms with van der Waals surface area (Å²) in [6.07, 6.45) is 3.78. The summed E-state index contributed by atoms with van der Waals surface area (Å²) in [5.41, 5.74) is 13.1. The van der Waals surface area contributed by atoms with E-state index in [-0.39, 0.29) is 0 Å². The minimum absolute atomic E-state index is 0.885. The van der Waals surface area contributed by atoms with Crippen molar-refractivity contribution < 1.29 is 0 Å². The SMILES string of the molecule is c1ccc(-c2cncc(-c3ccc4ccc5ccc(-c6ccc7c(c6)-c6cccc8cccc-7c68)nc5c4n3)c2)cc1. The highest BCUT2D eigenvalue weighted by Crippen LogP contribution is 2.48. The molecule has 9 rings (SSSR count). The fourth-order valence-electron chi connectivity index (χ4n) is 6.41. The van der Waals surface area contributed by atoms with Crippen molar-refractivity contribution >= 4 is 32.6 Å². The van der Waals surface area contributed by atoms with Crippen molar-refractivity contribution in [3.8, 4) is 55.9 Å². The molecule has 0 bridgehead atoms. The van der Waals surface area contributed by atoms with Gasteiger partial charge in [-0.25, -0.2) is 9.97 Å². The summed E-state index contributed by atoms with van der Waals surface area (Å²) < 4.78 is 0. The molecule has 3 aromatic heterocycles. The van der Waals surface area contributed by atoms with Gasteiger partial charge in [0.2, 0.25) is 0 Å². The third kappa shape index (κ3) is 3.50. The van der Waals surface area contributed by atoms with Crippen LogP contribution in [0.5, 0.6) is 0 Å². The summed E-state index contributed by atoms with van der Waals surface area (Å²) >= 11 is 0. The smallest absolute Gasteiger partial charge is 0.0972 e. The zero-order valence-electron chi connectivity index (χ0n) is 22.6. The van der Waals surface area contributed by atoms with E-state index in [2.05, 4.69) is 114 Å². The van der Waals surface area contributed by atoms with Crippen LogP contribution in [0, 0.1) is 0 Å². The average molecular weight is 534 g/mol. The molecule has 5 aromatic carbocycles. The molecule has 1 aliphatic carbocycles. The molecule has 0 aliphatic heterocycles. The van der Waals surface area contributed by atoms with Crippen LogP contribution >= 0.6 is 0 Å². The van der Waals surface area contributed by atoms with Gasteiger partial charge in [0, 0.05) is 39.9 Å². The Morgan fingerprint density at radius 1 is 0.357 bits per heavy atom. The van der Waals surface area contributed by atoms with E-state index in [1.54, 1.807) is 0 Å². The fraction of sp³-hybridized carbons (Fsp3) is 0. The van der Waals surface area contributed by atoms with Crippen LogP contribution in [0.25, 0.3) is 88.5 Å². The van der Waals surface area contributed by atoms with Crippen LogP contribution in [0.4, 0.5) is 0 Å². The molecule has 3 heterocycles. The Morgan fingerprint density at radius 3 is 1.74 bits per heavy atom. The predicted octanol–water partition coefficient (Wildman–Crippen LogP) is 9.98. The zero-order valence-corrected chi connectivity index (χ0v) is 22.6. The molecule has 0 amide bonds. The molecule has 42 heavy (non-hydrogen) atoms. The van der Waals surface area contributed by atoms with Gasteiger partial charge in [-0.05, 0) is 62.9 Å². The molecule has 0 spiro atoms. The lowest BCUT2D eigenvalue weighted by molar-refractivity contribution is 1.30. The molecule has 0 unspecified atom stereocenters. The topological polar surface area (TPSA) is 38.7 Å². The second kappa shape index (κ2) is 8.92. The second-order valence-corrected chi connectivity index (χ2v) is 10.9. The normalized spacial score (nSPS) is 11.8. The minimum atomic E-state index is 0.885. The van der Waals surface area contributed by atoms with Crippen molar-refractivity contribution in [1.29, 1.82) is 0 Å². The number of rotatable bonds is 3. The number of benzene rings is 5. The van der Waals surface area contributed by atoms with E-state index in [0.29, 0.717) is 0 Å². The van der Waals surface area contributed by atoms with Gasteiger partial charge >= 0.3 is 0 Å². The van der Waals surface area contributed by atoms with Gasteiger partial charge in [-0.3, -0.25) is 4.98 Å². The molecule has 0 saturated carbocycles. The van der Waals surface area contributed by atoms with Gasteiger partial charge in [-0.2, -0.15) is 0 Å². The third-order valence-corrected chi connectivity index (χ3v) is 8.46. The number of pyridine rings is 3. The number of aromatic nitrogens is 3. The van der Waals surface area contributed by atoms with Crippen molar-refractivity contribution in [1.82, 2.24) is 15.0 Å². The Hall–Kier alpha value is -5.67. The number of nitrogens with zero attached hydrogens (tertiary/aromatic N) is 3. The number of hydrogen-bond donors (Lipinski definition) is 0. The zero-order chi connectivity index (χ0) is 27.6. The molecule has 8 aromatic rings. The standard InChI is InChI=1S/C39H23N3/c1-2-6-24(7-3-1)29-20-30(23-40-22-29)36-19-16-27-13-12-26-15-18-35(41-38(26)39(27)42-36)28-14-17-31-32-10-4-8-25-9-5-11-33(37(25)32)34(31)21-28/h1-23H. The fourth-order valence-corrected chi connectivity index (χ4v) is 6.41. The molecular formula is C39H23N3. The lowest BCUT2D eigenvalue weighted by atomic mass is 9.99. The lowest BCUT2D eigenvalue weighted by Crippen LogP contribution is -1.92. The molecule has 0 fully saturated rings. The van der Waals surface area contributed by atoms with Crippen LogP contribution in [0.1, 0.15) is 0 Å². The van der Waals surface area contributed by atoms with Crippen molar-refractivity contribution in [3.05, 3.63) is 140 Å². The molecule has 3 nitrogen and oxygen atoms in total. The summed E-state index contributed by atoms with van der Waals surface area (Å²) in [5, 5.41) is 4.76. The first-order valence-electron chi connectivity index (χ1n) is 14.2. The summed E-state index contributed by atoms with van der Waals surface area (Å²) in [7, 11) is 0. The Balaban J connectivity index is 1.18. The Kier molecular flexibility index (Phi) is 4.90. The maximum Gasteiger partial charge on any atom is 0.0972 e. The van der Waals surface area contributed by atoms with E-state index in [4.69, 9.17) is 9.97 Å². The first-order valence-corrected chi connectivity index (χ1v) is 14.2. The quantitative estimate of drug-likeness (QED) is 0.212. The average Bonchev–Trinajstić information content (AvgIpc) is 3.39. The lowest BCUT2D eigenvalue weighted by Gasteiger charge is -2.10. The minimum Gasteiger partial charge on any atom is -0.263 e. The van der Waals surface area contributed by atoms with Crippen molar-refractivity contribution in [2.24, 2.45) is 0 Å². The number of fused-ring (bicyclic) bond motifs is 6. The largest absolute Gasteiger partial charge is 0.263 e. The maximum atomic E-state index is 5.22. The summed E-state index contributed by atoms with van der Waals surface area (Å²) in [4.78, 5) is 14.9. The molecule has 0 saturated heterocycles. The van der Waals surface area contributed by atoms with Crippen molar-refractivity contribution in [2.45, 2.75) is 0 Å². The van der Waals surface area contributed by atoms with Gasteiger partial charge in [0.25, 0.3) is 0 Å². The molecular weight excluding hydrogens is 510 g/mol. The first-order chi connectivity index (χ1) is 20.8. The van der Waals surface area contributed by atoms with E-state index < -0.39 is 0 Å². The van der Waals surface area contributed by atoms with E-state index in [1.807, 2.05) is 30.6 Å². The van der Waals surface area contributed by atoms with Gasteiger partial charge in [0.15, 0.2) is 0 Å². The first kappa shape index (κ1) is 23.1. The van der Waals surface area contributed by atoms with E-state index >= 15 is 0 Å². The van der Waals surface area contributed by atoms with Gasteiger partial charge in [0.1, 0.15) is 0 Å². The van der Waals surface area contributed by atoms with Crippen LogP contribution < -0.4 is 0 Å². The Morgan fingerprint density at radius 2 is 1.00 bits per heavy atom. The molecule has 3 heteroatoms. The molecule has 0 N–H and O–H groups in total. The van der Waals surface area contributed by atoms with E-state index in [0.717, 1.165) is 55.4 Å². The molecule has 1 aliphatic rings. The van der Waals surface area contributed by atoms with E-state index in [9.17, 15) is 0 Å². The van der Waals surface area contributed by atoms with Crippen LogP contribution in [0.3, 0.4) is 0 Å². The summed E-state index contributed by atoms with van der Waals surface area (Å²) in [5.74, 6) is 0. The number of hydrogen-bond acceptors (Lipinski definition) is 3. The monoisotopic (exact) mass is 533 g/mol. The van der Waals surface area contributed by atoms with Gasteiger partial charge in [-0.1, -0.05) is 103 Å². The van der Waals surface area contributed by atoms with Crippen LogP contribution in [0.15, 0.2) is 140 Å². The highest BCUT2D eigenvalue weighted by molar-refractivity contribution is 6.15. The van der Waals surface area contributed by atoms with Gasteiger partial charge < -0.3 is 0 Å². The predicted molar refractivity (Wildman–Crippen MR) is 173 cm³/mol. The maximum absolute atomic E-state index is 5.22. The van der Waals surface area contributed by atoms with Crippen LogP contribution in [0.2, 0.25) is 0 Å². The second-order valence-electron chi connectivity index (χ2n) is 10.9. The Bertz CT molecular complexity index is 2350. The van der Waals surface area contributed by atoms with Crippen LogP contribution in [-0.2, 0) is 0 Å². The van der Waals surface area contributed by atoms with Crippen molar-refractivity contribution in [2.75, 3.05) is 0 Å². The third-order valence-electron chi connectivity index (χ3n) is 8.46. The van der Waals surface area contributed by atoms with Crippen molar-refractivity contribution in [3.63, 3.8) is 0 Å². The Labute approximate surface area is 242 Å². The van der Waals surface area contributed by atoms with Gasteiger partial charge in [-0.15, -0.1) is 0 Å². The molecule has 194 valence electrons. The van der Waals surface area contributed by atoms with Crippen LogP contribution in [-0.4, -0.2) is 15.0 Å². The summed E-state index contributed by atoms with van der Waals surface area (Å²) in [6, 6.07) is 45.1. The highest BCUT2D eigenvalue weighted by atomic mass is 14.8.